The molecule has 4 nitrogen and oxygen atoms in total. The van der Waals surface area contributed by atoms with Crippen molar-refractivity contribution in [2.75, 3.05) is 13.2 Å². The van der Waals surface area contributed by atoms with Gasteiger partial charge in [-0.05, 0) is 19.1 Å². The summed E-state index contributed by atoms with van der Waals surface area (Å²) < 4.78 is 5.32. The number of rotatable bonds is 5. The quantitative estimate of drug-likeness (QED) is 0.727. The van der Waals surface area contributed by atoms with Gasteiger partial charge in [-0.15, -0.1) is 0 Å². The van der Waals surface area contributed by atoms with E-state index in [1.165, 1.54) is 0 Å². The van der Waals surface area contributed by atoms with E-state index >= 15 is 0 Å². The Morgan fingerprint density at radius 3 is 2.93 bits per heavy atom. The zero-order chi connectivity index (χ0) is 10.4. The van der Waals surface area contributed by atoms with Crippen LogP contribution in [0.4, 0.5) is 0 Å². The van der Waals surface area contributed by atoms with Gasteiger partial charge in [0.1, 0.15) is 11.5 Å². The van der Waals surface area contributed by atoms with Crippen LogP contribution in [0.5, 0.6) is 0 Å². The van der Waals surface area contributed by atoms with Gasteiger partial charge in [-0.3, -0.25) is 4.79 Å². The van der Waals surface area contributed by atoms with Crippen LogP contribution in [-0.4, -0.2) is 24.2 Å². The molecule has 0 saturated heterocycles. The first kappa shape index (κ1) is 10.8. The minimum Gasteiger partial charge on any atom is -0.466 e. The molecule has 78 valence electrons. The second-order valence-corrected chi connectivity index (χ2v) is 3.09. The minimum absolute atomic E-state index is 0.105. The lowest BCUT2D eigenvalue weighted by atomic mass is 10.3. The van der Waals surface area contributed by atoms with Crippen molar-refractivity contribution in [3.05, 3.63) is 23.7 Å². The summed E-state index contributed by atoms with van der Waals surface area (Å²) in [5.41, 5.74) is 0. The number of aliphatic hydroxyl groups is 1. The molecule has 14 heavy (non-hydrogen) atoms. The standard InChI is InChI=1S/C10H15NO3/c1-8-2-3-9(14-8)4-6-11-10(13)5-7-12/h2-3,12H,4-7H2,1H3,(H,11,13). The van der Waals surface area contributed by atoms with Crippen molar-refractivity contribution in [2.45, 2.75) is 19.8 Å². The van der Waals surface area contributed by atoms with Crippen molar-refractivity contribution in [3.8, 4) is 0 Å². The number of carbonyl (C=O) groups excluding carboxylic acids is 1. The Balaban J connectivity index is 2.18. The fraction of sp³-hybridized carbons (Fsp3) is 0.500. The Morgan fingerprint density at radius 2 is 2.36 bits per heavy atom. The summed E-state index contributed by atoms with van der Waals surface area (Å²) in [5, 5.41) is 11.2. The molecule has 0 radical (unpaired) electrons. The average molecular weight is 197 g/mol. The number of furan rings is 1. The molecular formula is C10H15NO3. The number of nitrogens with one attached hydrogen (secondary N) is 1. The third-order valence-electron chi connectivity index (χ3n) is 1.83. The number of aryl methyl sites for hydroxylation is 1. The number of amides is 1. The van der Waals surface area contributed by atoms with Crippen LogP contribution in [0.2, 0.25) is 0 Å². The molecule has 1 amide bonds. The van der Waals surface area contributed by atoms with Crippen LogP contribution in [-0.2, 0) is 11.2 Å². The molecule has 1 rings (SSSR count). The average Bonchev–Trinajstić information content (AvgIpc) is 2.52. The summed E-state index contributed by atoms with van der Waals surface area (Å²) in [5.74, 6) is 1.62. The summed E-state index contributed by atoms with van der Waals surface area (Å²) in [6, 6.07) is 3.79. The fourth-order valence-electron chi connectivity index (χ4n) is 1.13. The molecule has 0 saturated carbocycles. The second-order valence-electron chi connectivity index (χ2n) is 3.09. The molecule has 0 spiro atoms. The summed E-state index contributed by atoms with van der Waals surface area (Å²) in [6.45, 7) is 2.32. The van der Waals surface area contributed by atoms with Crippen LogP contribution in [0.25, 0.3) is 0 Å². The monoisotopic (exact) mass is 197 g/mol. The van der Waals surface area contributed by atoms with Gasteiger partial charge in [-0.2, -0.15) is 0 Å². The first-order chi connectivity index (χ1) is 6.72. The molecule has 1 aromatic rings. The molecule has 1 aromatic heterocycles. The molecule has 4 heteroatoms. The van der Waals surface area contributed by atoms with Crippen molar-refractivity contribution < 1.29 is 14.3 Å². The molecule has 0 atom stereocenters. The fourth-order valence-corrected chi connectivity index (χ4v) is 1.13. The van der Waals surface area contributed by atoms with Gasteiger partial charge in [0, 0.05) is 19.4 Å². The van der Waals surface area contributed by atoms with E-state index in [2.05, 4.69) is 5.32 Å². The van der Waals surface area contributed by atoms with Crippen LogP contribution in [0.1, 0.15) is 17.9 Å². The van der Waals surface area contributed by atoms with E-state index in [4.69, 9.17) is 9.52 Å². The van der Waals surface area contributed by atoms with Gasteiger partial charge in [0.25, 0.3) is 0 Å². The zero-order valence-corrected chi connectivity index (χ0v) is 8.25. The highest BCUT2D eigenvalue weighted by Crippen LogP contribution is 2.05. The number of hydrogen-bond donors (Lipinski definition) is 2. The van der Waals surface area contributed by atoms with E-state index < -0.39 is 0 Å². The molecule has 0 bridgehead atoms. The Labute approximate surface area is 82.9 Å². The van der Waals surface area contributed by atoms with E-state index in [1.807, 2.05) is 19.1 Å². The number of hydrogen-bond acceptors (Lipinski definition) is 3. The van der Waals surface area contributed by atoms with Crippen molar-refractivity contribution in [2.24, 2.45) is 0 Å². The van der Waals surface area contributed by atoms with Gasteiger partial charge in [-0.1, -0.05) is 0 Å². The Morgan fingerprint density at radius 1 is 1.57 bits per heavy atom. The predicted octanol–water partition coefficient (Wildman–Crippen LogP) is 0.629. The molecule has 0 aromatic carbocycles. The molecular weight excluding hydrogens is 182 g/mol. The Bertz CT molecular complexity index is 293. The van der Waals surface area contributed by atoms with E-state index in [1.54, 1.807) is 0 Å². The first-order valence-corrected chi connectivity index (χ1v) is 4.65. The van der Waals surface area contributed by atoms with Crippen LogP contribution < -0.4 is 5.32 Å². The van der Waals surface area contributed by atoms with Crippen molar-refractivity contribution >= 4 is 5.91 Å². The van der Waals surface area contributed by atoms with E-state index in [0.717, 1.165) is 11.5 Å². The SMILES string of the molecule is Cc1ccc(CCNC(=O)CCO)o1. The van der Waals surface area contributed by atoms with Crippen molar-refractivity contribution in [1.82, 2.24) is 5.32 Å². The predicted molar refractivity (Wildman–Crippen MR) is 51.9 cm³/mol. The largest absolute Gasteiger partial charge is 0.466 e. The van der Waals surface area contributed by atoms with E-state index in [0.29, 0.717) is 13.0 Å². The maximum atomic E-state index is 10.9. The van der Waals surface area contributed by atoms with Crippen molar-refractivity contribution in [1.29, 1.82) is 0 Å². The minimum atomic E-state index is -0.129. The van der Waals surface area contributed by atoms with Crippen molar-refractivity contribution in [3.63, 3.8) is 0 Å². The van der Waals surface area contributed by atoms with Crippen LogP contribution in [0, 0.1) is 6.92 Å². The van der Waals surface area contributed by atoms with Gasteiger partial charge < -0.3 is 14.8 Å². The topological polar surface area (TPSA) is 62.5 Å². The van der Waals surface area contributed by atoms with Gasteiger partial charge >= 0.3 is 0 Å². The van der Waals surface area contributed by atoms with Gasteiger partial charge in [-0.25, -0.2) is 0 Å². The molecule has 2 N–H and O–H groups in total. The number of carbonyl (C=O) groups is 1. The highest BCUT2D eigenvalue weighted by Gasteiger charge is 2.01. The summed E-state index contributed by atoms with van der Waals surface area (Å²) in [6.07, 6.45) is 0.849. The molecule has 0 unspecified atom stereocenters. The molecule has 0 aliphatic rings. The Kier molecular flexibility index (Phi) is 4.19. The lowest BCUT2D eigenvalue weighted by Crippen LogP contribution is -2.26. The Hall–Kier alpha value is -1.29. The smallest absolute Gasteiger partial charge is 0.222 e. The number of aliphatic hydroxyl groups excluding tert-OH is 1. The first-order valence-electron chi connectivity index (χ1n) is 4.65. The lowest BCUT2D eigenvalue weighted by Gasteiger charge is -2.01. The van der Waals surface area contributed by atoms with E-state index in [-0.39, 0.29) is 18.9 Å². The molecule has 0 aliphatic heterocycles. The van der Waals surface area contributed by atoms with Crippen LogP contribution >= 0.6 is 0 Å². The summed E-state index contributed by atoms with van der Waals surface area (Å²) in [7, 11) is 0. The molecule has 0 aliphatic carbocycles. The lowest BCUT2D eigenvalue weighted by molar-refractivity contribution is -0.121. The molecule has 0 fully saturated rings. The summed E-state index contributed by atoms with van der Waals surface area (Å²) >= 11 is 0. The van der Waals surface area contributed by atoms with Gasteiger partial charge in [0.2, 0.25) is 5.91 Å². The van der Waals surface area contributed by atoms with Gasteiger partial charge in [0.05, 0.1) is 6.61 Å². The van der Waals surface area contributed by atoms with Gasteiger partial charge in [0.15, 0.2) is 0 Å². The highest BCUT2D eigenvalue weighted by molar-refractivity contribution is 5.75. The maximum Gasteiger partial charge on any atom is 0.222 e. The second kappa shape index (κ2) is 5.44. The van der Waals surface area contributed by atoms with E-state index in [9.17, 15) is 4.79 Å². The molecule has 1 heterocycles. The zero-order valence-electron chi connectivity index (χ0n) is 8.25. The van der Waals surface area contributed by atoms with Crippen LogP contribution in [0.3, 0.4) is 0 Å². The highest BCUT2D eigenvalue weighted by atomic mass is 16.3. The maximum absolute atomic E-state index is 10.9. The van der Waals surface area contributed by atoms with Crippen LogP contribution in [0.15, 0.2) is 16.5 Å². The summed E-state index contributed by atoms with van der Waals surface area (Å²) in [4.78, 5) is 10.9. The normalized spacial score (nSPS) is 10.1. The third-order valence-corrected chi connectivity index (χ3v) is 1.83. The third kappa shape index (κ3) is 3.62.